The van der Waals surface area contributed by atoms with E-state index in [1.807, 2.05) is 0 Å². The molecule has 0 aliphatic rings. The Morgan fingerprint density at radius 3 is 2.58 bits per heavy atom. The highest BCUT2D eigenvalue weighted by molar-refractivity contribution is 5.93. The summed E-state index contributed by atoms with van der Waals surface area (Å²) >= 11 is 0. The van der Waals surface area contributed by atoms with E-state index in [1.54, 1.807) is 24.3 Å². The van der Waals surface area contributed by atoms with Gasteiger partial charge in [-0.1, -0.05) is 31.2 Å². The summed E-state index contributed by atoms with van der Waals surface area (Å²) in [4.78, 5) is 12.0. The maximum absolute atomic E-state index is 13.6. The third-order valence-electron chi connectivity index (χ3n) is 5.05. The summed E-state index contributed by atoms with van der Waals surface area (Å²) in [5, 5.41) is 11.8. The van der Waals surface area contributed by atoms with Gasteiger partial charge in [-0.05, 0) is 35.7 Å². The molecule has 164 valence electrons. The summed E-state index contributed by atoms with van der Waals surface area (Å²) in [6.45, 7) is 1.37. The molecule has 1 atom stereocenters. The second-order valence-electron chi connectivity index (χ2n) is 7.09. The lowest BCUT2D eigenvalue weighted by atomic mass is 9.96. The Labute approximate surface area is 174 Å². The molecular weight excluding hydrogens is 416 g/mol. The van der Waals surface area contributed by atoms with Crippen LogP contribution >= 0.6 is 0 Å². The molecule has 3 rings (SSSR count). The minimum Gasteiger partial charge on any atom is -0.423 e. The Hall–Kier alpha value is -3.17. The average Bonchev–Trinajstić information content (AvgIpc) is 2.71. The molecule has 0 unspecified atom stereocenters. The zero-order chi connectivity index (χ0) is 22.8. The van der Waals surface area contributed by atoms with Crippen molar-refractivity contribution in [1.82, 2.24) is 0 Å². The van der Waals surface area contributed by atoms with E-state index in [2.05, 4.69) is 0 Å². The molecule has 0 bridgehead atoms. The molecule has 0 radical (unpaired) electrons. The number of nitrogens with two attached hydrogens (primary N) is 2. The Morgan fingerprint density at radius 2 is 1.94 bits per heavy atom. The first-order valence-corrected chi connectivity index (χ1v) is 9.46. The molecule has 31 heavy (non-hydrogen) atoms. The van der Waals surface area contributed by atoms with Gasteiger partial charge in [0.05, 0.1) is 0 Å². The van der Waals surface area contributed by atoms with E-state index in [9.17, 15) is 27.5 Å². The SMILES string of the molecule is CC[C@](O)(/C(N)=C/[NH2+]Cc1ccc2c(-c3cccc(F)c3)cc(=O)oc2c1)C(F)(F)F. The Balaban J connectivity index is 1.88. The van der Waals surface area contributed by atoms with Gasteiger partial charge < -0.3 is 20.6 Å². The van der Waals surface area contributed by atoms with Crippen molar-refractivity contribution in [3.8, 4) is 11.1 Å². The molecule has 2 aromatic carbocycles. The van der Waals surface area contributed by atoms with Gasteiger partial charge in [0.2, 0.25) is 5.60 Å². The third kappa shape index (κ3) is 4.62. The summed E-state index contributed by atoms with van der Waals surface area (Å²) in [5.41, 5.74) is 2.99. The zero-order valence-electron chi connectivity index (χ0n) is 16.5. The van der Waals surface area contributed by atoms with E-state index in [1.165, 1.54) is 36.5 Å². The zero-order valence-corrected chi connectivity index (χ0v) is 16.5. The Morgan fingerprint density at radius 1 is 1.19 bits per heavy atom. The van der Waals surface area contributed by atoms with Gasteiger partial charge in [0.15, 0.2) is 0 Å². The van der Waals surface area contributed by atoms with Gasteiger partial charge in [-0.25, -0.2) is 9.18 Å². The van der Waals surface area contributed by atoms with Crippen LogP contribution in [0.3, 0.4) is 0 Å². The second-order valence-corrected chi connectivity index (χ2v) is 7.09. The molecule has 1 aromatic heterocycles. The highest BCUT2D eigenvalue weighted by atomic mass is 19.4. The van der Waals surface area contributed by atoms with Crippen molar-refractivity contribution in [2.24, 2.45) is 5.73 Å². The van der Waals surface area contributed by atoms with E-state index in [0.29, 0.717) is 22.1 Å². The molecule has 0 saturated carbocycles. The van der Waals surface area contributed by atoms with Crippen molar-refractivity contribution in [3.63, 3.8) is 0 Å². The predicted octanol–water partition coefficient (Wildman–Crippen LogP) is 3.17. The first kappa shape index (κ1) is 22.5. The van der Waals surface area contributed by atoms with Crippen LogP contribution in [0.5, 0.6) is 0 Å². The fourth-order valence-electron chi connectivity index (χ4n) is 3.26. The van der Waals surface area contributed by atoms with E-state index in [4.69, 9.17) is 10.2 Å². The lowest BCUT2D eigenvalue weighted by molar-refractivity contribution is -0.606. The van der Waals surface area contributed by atoms with E-state index >= 15 is 0 Å². The number of alkyl halides is 3. The van der Waals surface area contributed by atoms with Gasteiger partial charge in [0, 0.05) is 17.0 Å². The topological polar surface area (TPSA) is 93.1 Å². The summed E-state index contributed by atoms with van der Waals surface area (Å²) < 4.78 is 58.1. The Kier molecular flexibility index (Phi) is 6.19. The van der Waals surface area contributed by atoms with Crippen molar-refractivity contribution >= 4 is 11.0 Å². The van der Waals surface area contributed by atoms with Crippen molar-refractivity contribution in [3.05, 3.63) is 82.2 Å². The maximum Gasteiger partial charge on any atom is 0.423 e. The lowest BCUT2D eigenvalue weighted by Gasteiger charge is -2.28. The van der Waals surface area contributed by atoms with Crippen molar-refractivity contribution in [1.29, 1.82) is 0 Å². The molecule has 0 saturated heterocycles. The van der Waals surface area contributed by atoms with Gasteiger partial charge in [-0.3, -0.25) is 0 Å². The second kappa shape index (κ2) is 8.52. The number of hydrogen-bond acceptors (Lipinski definition) is 4. The quantitative estimate of drug-likeness (QED) is 0.408. The number of quaternary nitrogens is 1. The fourth-order valence-corrected chi connectivity index (χ4v) is 3.26. The predicted molar refractivity (Wildman–Crippen MR) is 107 cm³/mol. The van der Waals surface area contributed by atoms with Crippen LogP contribution in [0.15, 0.2) is 69.6 Å². The lowest BCUT2D eigenvalue weighted by Crippen LogP contribution is -2.77. The first-order chi connectivity index (χ1) is 14.5. The minimum absolute atomic E-state index is 0.183. The van der Waals surface area contributed by atoms with Crippen LogP contribution in [0.25, 0.3) is 22.1 Å². The number of aliphatic hydroxyl groups is 1. The normalized spacial score (nSPS) is 14.6. The van der Waals surface area contributed by atoms with Gasteiger partial charge in [0.25, 0.3) is 0 Å². The van der Waals surface area contributed by atoms with Crippen molar-refractivity contribution in [2.75, 3.05) is 0 Å². The molecule has 5 nitrogen and oxygen atoms in total. The molecule has 5 N–H and O–H groups in total. The molecule has 0 aliphatic heterocycles. The minimum atomic E-state index is -4.89. The molecule has 1 heterocycles. The van der Waals surface area contributed by atoms with Crippen molar-refractivity contribution in [2.45, 2.75) is 31.7 Å². The molecule has 3 aromatic rings. The standard InChI is InChI=1S/C22H20F4N2O3/c1-2-21(30,22(24,25)26)19(27)12-28-11-13-6-7-16-17(10-20(29)31-18(16)8-13)14-4-3-5-15(23)9-14/h3-10,12,28,30H,2,11,27H2,1H3/p+1/b19-12-/t21-/m0/s1. The largest absolute Gasteiger partial charge is 0.423 e. The van der Waals surface area contributed by atoms with Crippen LogP contribution in [0.4, 0.5) is 17.6 Å². The molecule has 0 aliphatic carbocycles. The van der Waals surface area contributed by atoms with E-state index in [-0.39, 0.29) is 12.1 Å². The van der Waals surface area contributed by atoms with Gasteiger partial charge in [-0.15, -0.1) is 0 Å². The number of hydrogen-bond donors (Lipinski definition) is 3. The van der Waals surface area contributed by atoms with Crippen LogP contribution < -0.4 is 16.7 Å². The van der Waals surface area contributed by atoms with Gasteiger partial charge in [-0.2, -0.15) is 13.2 Å². The number of benzene rings is 2. The molecule has 0 spiro atoms. The van der Waals surface area contributed by atoms with Crippen LogP contribution in [-0.4, -0.2) is 16.9 Å². The van der Waals surface area contributed by atoms with E-state index < -0.39 is 35.3 Å². The van der Waals surface area contributed by atoms with Crippen LogP contribution in [-0.2, 0) is 6.54 Å². The van der Waals surface area contributed by atoms with Crippen LogP contribution in [0, 0.1) is 5.82 Å². The van der Waals surface area contributed by atoms with Gasteiger partial charge >= 0.3 is 11.8 Å². The summed E-state index contributed by atoms with van der Waals surface area (Å²) in [7, 11) is 0. The van der Waals surface area contributed by atoms with Crippen molar-refractivity contribution < 1.29 is 32.4 Å². The fraction of sp³-hybridized carbons (Fsp3) is 0.227. The Bertz CT molecular complexity index is 1190. The highest BCUT2D eigenvalue weighted by Gasteiger charge is 2.55. The molecule has 9 heteroatoms. The maximum atomic E-state index is 13.6. The summed E-state index contributed by atoms with van der Waals surface area (Å²) in [6, 6.07) is 12.0. The molecular formula is C22H21F4N2O3+. The highest BCUT2D eigenvalue weighted by Crippen LogP contribution is 2.36. The summed E-state index contributed by atoms with van der Waals surface area (Å²) in [6.07, 6.45) is -4.48. The number of fused-ring (bicyclic) bond motifs is 1. The summed E-state index contributed by atoms with van der Waals surface area (Å²) in [5.74, 6) is -0.444. The van der Waals surface area contributed by atoms with Crippen LogP contribution in [0.2, 0.25) is 0 Å². The first-order valence-electron chi connectivity index (χ1n) is 9.46. The smallest absolute Gasteiger partial charge is 0.423 e. The van der Waals surface area contributed by atoms with Crippen LogP contribution in [0.1, 0.15) is 18.9 Å². The monoisotopic (exact) mass is 437 g/mol. The molecule has 0 amide bonds. The third-order valence-corrected chi connectivity index (χ3v) is 5.05. The molecule has 0 fully saturated rings. The van der Waals surface area contributed by atoms with Gasteiger partial charge in [0.1, 0.15) is 29.8 Å². The number of halogens is 4. The number of rotatable bonds is 6. The average molecular weight is 437 g/mol. The van der Waals surface area contributed by atoms with E-state index in [0.717, 1.165) is 6.20 Å².